The number of ether oxygens (including phenoxy) is 3. The molecule has 0 aromatic heterocycles. The van der Waals surface area contributed by atoms with Crippen LogP contribution in [0.5, 0.6) is 11.5 Å². The van der Waals surface area contributed by atoms with Gasteiger partial charge in [-0.3, -0.25) is 9.59 Å². The smallest absolute Gasteiger partial charge is 0.306 e. The lowest BCUT2D eigenvalue weighted by atomic mass is 10.1. The maximum atomic E-state index is 11.6. The Kier molecular flexibility index (Phi) is 6.22. The molecular formula is C16H21NO6. The molecule has 1 atom stereocenters. The lowest BCUT2D eigenvalue weighted by molar-refractivity contribution is -0.144. The van der Waals surface area contributed by atoms with E-state index >= 15 is 0 Å². The first-order valence-electron chi connectivity index (χ1n) is 7.60. The zero-order valence-electron chi connectivity index (χ0n) is 13.0. The summed E-state index contributed by atoms with van der Waals surface area (Å²) >= 11 is 0. The van der Waals surface area contributed by atoms with E-state index in [2.05, 4.69) is 5.32 Å². The third-order valence-corrected chi connectivity index (χ3v) is 3.31. The predicted molar refractivity (Wildman–Crippen MR) is 81.3 cm³/mol. The van der Waals surface area contributed by atoms with Crippen LogP contribution >= 0.6 is 0 Å². The fourth-order valence-electron chi connectivity index (χ4n) is 2.13. The van der Waals surface area contributed by atoms with Crippen molar-refractivity contribution in [2.75, 3.05) is 26.4 Å². The maximum absolute atomic E-state index is 11.6. The summed E-state index contributed by atoms with van der Waals surface area (Å²) in [5.41, 5.74) is 0.625. The van der Waals surface area contributed by atoms with Crippen LogP contribution in [0.3, 0.4) is 0 Å². The maximum Gasteiger partial charge on any atom is 0.306 e. The van der Waals surface area contributed by atoms with Crippen LogP contribution in [0.2, 0.25) is 0 Å². The molecule has 126 valence electrons. The molecule has 2 rings (SSSR count). The molecule has 1 amide bonds. The molecule has 0 aliphatic carbocycles. The van der Waals surface area contributed by atoms with Crippen LogP contribution in [0, 0.1) is 0 Å². The van der Waals surface area contributed by atoms with Gasteiger partial charge in [-0.05, 0) is 24.6 Å². The molecule has 1 aromatic carbocycles. The molecule has 0 saturated heterocycles. The van der Waals surface area contributed by atoms with Crippen LogP contribution in [0.4, 0.5) is 0 Å². The summed E-state index contributed by atoms with van der Waals surface area (Å²) in [6.45, 7) is 3.04. The first-order chi connectivity index (χ1) is 11.1. The number of hydrogen-bond donors (Lipinski definition) is 2. The topological polar surface area (TPSA) is 94.1 Å². The van der Waals surface area contributed by atoms with E-state index in [1.54, 1.807) is 25.1 Å². The van der Waals surface area contributed by atoms with Crippen molar-refractivity contribution in [3.63, 3.8) is 0 Å². The molecule has 23 heavy (non-hydrogen) atoms. The summed E-state index contributed by atoms with van der Waals surface area (Å²) in [5, 5.41) is 12.7. The molecule has 1 heterocycles. The standard InChI is InChI=1S/C16H21NO6/c1-2-21-16(20)6-5-15(19)17-10-12(18)11-3-4-13-14(9-11)23-8-7-22-13/h3-4,9,12,18H,2,5-8,10H2,1H3,(H,17,19). The van der Waals surface area contributed by atoms with E-state index in [9.17, 15) is 14.7 Å². The van der Waals surface area contributed by atoms with Crippen molar-refractivity contribution in [1.29, 1.82) is 0 Å². The molecule has 7 nitrogen and oxygen atoms in total. The quantitative estimate of drug-likeness (QED) is 0.726. The van der Waals surface area contributed by atoms with E-state index in [0.717, 1.165) is 0 Å². The van der Waals surface area contributed by atoms with Crippen molar-refractivity contribution in [2.24, 2.45) is 0 Å². The molecule has 2 N–H and O–H groups in total. The molecule has 1 unspecified atom stereocenters. The Labute approximate surface area is 134 Å². The molecule has 0 fully saturated rings. The fraction of sp³-hybridized carbons (Fsp3) is 0.500. The molecular weight excluding hydrogens is 302 g/mol. The molecule has 7 heteroatoms. The molecule has 0 saturated carbocycles. The lowest BCUT2D eigenvalue weighted by Gasteiger charge is -2.20. The van der Waals surface area contributed by atoms with Gasteiger partial charge >= 0.3 is 5.97 Å². The summed E-state index contributed by atoms with van der Waals surface area (Å²) < 4.78 is 15.6. The Morgan fingerprint density at radius 2 is 2.00 bits per heavy atom. The van der Waals surface area contributed by atoms with Gasteiger partial charge in [0.05, 0.1) is 19.1 Å². The zero-order valence-corrected chi connectivity index (χ0v) is 13.0. The first kappa shape index (κ1) is 17.1. The number of aliphatic hydroxyl groups excluding tert-OH is 1. The molecule has 0 spiro atoms. The minimum Gasteiger partial charge on any atom is -0.486 e. The van der Waals surface area contributed by atoms with Crippen molar-refractivity contribution in [1.82, 2.24) is 5.32 Å². The summed E-state index contributed by atoms with van der Waals surface area (Å²) in [4.78, 5) is 22.8. The number of aliphatic hydroxyl groups is 1. The van der Waals surface area contributed by atoms with Gasteiger partial charge in [-0.15, -0.1) is 0 Å². The molecule has 1 aliphatic heterocycles. The van der Waals surface area contributed by atoms with Gasteiger partial charge in [0.25, 0.3) is 0 Å². The number of rotatable bonds is 7. The average Bonchev–Trinajstić information content (AvgIpc) is 2.57. The summed E-state index contributed by atoms with van der Waals surface area (Å²) in [7, 11) is 0. The normalized spacial score (nSPS) is 14.0. The SMILES string of the molecule is CCOC(=O)CCC(=O)NCC(O)c1ccc2c(c1)OCCO2. The highest BCUT2D eigenvalue weighted by Crippen LogP contribution is 2.32. The Hall–Kier alpha value is -2.28. The largest absolute Gasteiger partial charge is 0.486 e. The van der Waals surface area contributed by atoms with Crippen LogP contribution in [0.1, 0.15) is 31.4 Å². The van der Waals surface area contributed by atoms with Gasteiger partial charge in [0.1, 0.15) is 13.2 Å². The van der Waals surface area contributed by atoms with E-state index in [1.807, 2.05) is 0 Å². The summed E-state index contributed by atoms with van der Waals surface area (Å²) in [6.07, 6.45) is -0.802. The van der Waals surface area contributed by atoms with E-state index in [-0.39, 0.29) is 25.3 Å². The van der Waals surface area contributed by atoms with Crippen LogP contribution in [-0.4, -0.2) is 43.3 Å². The van der Waals surface area contributed by atoms with Crippen LogP contribution in [0.15, 0.2) is 18.2 Å². The third kappa shape index (κ3) is 5.14. The lowest BCUT2D eigenvalue weighted by Crippen LogP contribution is -2.28. The number of nitrogens with one attached hydrogen (secondary N) is 1. The van der Waals surface area contributed by atoms with E-state index < -0.39 is 12.1 Å². The molecule has 0 radical (unpaired) electrons. The first-order valence-corrected chi connectivity index (χ1v) is 7.60. The van der Waals surface area contributed by atoms with Crippen molar-refractivity contribution in [3.8, 4) is 11.5 Å². The Balaban J connectivity index is 1.79. The third-order valence-electron chi connectivity index (χ3n) is 3.31. The van der Waals surface area contributed by atoms with Gasteiger partial charge in [0.15, 0.2) is 11.5 Å². The second-order valence-electron chi connectivity index (χ2n) is 5.03. The van der Waals surface area contributed by atoms with Crippen LogP contribution < -0.4 is 14.8 Å². The van der Waals surface area contributed by atoms with Crippen LogP contribution in [0.25, 0.3) is 0 Å². The highest BCUT2D eigenvalue weighted by Gasteiger charge is 2.16. The highest BCUT2D eigenvalue weighted by atomic mass is 16.6. The predicted octanol–water partition coefficient (Wildman–Crippen LogP) is 0.951. The van der Waals surface area contributed by atoms with Gasteiger partial charge in [-0.25, -0.2) is 0 Å². The Bertz CT molecular complexity index is 560. The van der Waals surface area contributed by atoms with Gasteiger partial charge in [0, 0.05) is 13.0 Å². The van der Waals surface area contributed by atoms with Crippen LogP contribution in [-0.2, 0) is 14.3 Å². The molecule has 0 bridgehead atoms. The van der Waals surface area contributed by atoms with E-state index in [4.69, 9.17) is 14.2 Å². The number of esters is 1. The van der Waals surface area contributed by atoms with Gasteiger partial charge in [-0.2, -0.15) is 0 Å². The van der Waals surface area contributed by atoms with E-state index in [1.165, 1.54) is 0 Å². The Morgan fingerprint density at radius 3 is 2.74 bits per heavy atom. The minimum atomic E-state index is -0.864. The van der Waals surface area contributed by atoms with Crippen molar-refractivity contribution < 1.29 is 28.9 Å². The monoisotopic (exact) mass is 323 g/mol. The summed E-state index contributed by atoms with van der Waals surface area (Å²) in [5.74, 6) is 0.511. The zero-order chi connectivity index (χ0) is 16.7. The van der Waals surface area contributed by atoms with Crippen molar-refractivity contribution in [2.45, 2.75) is 25.9 Å². The number of hydrogen-bond acceptors (Lipinski definition) is 6. The Morgan fingerprint density at radius 1 is 1.26 bits per heavy atom. The molecule has 1 aliphatic rings. The molecule has 1 aromatic rings. The number of benzene rings is 1. The van der Waals surface area contributed by atoms with Gasteiger partial charge < -0.3 is 24.6 Å². The van der Waals surface area contributed by atoms with Crippen molar-refractivity contribution in [3.05, 3.63) is 23.8 Å². The number of fused-ring (bicyclic) bond motifs is 1. The van der Waals surface area contributed by atoms with Gasteiger partial charge in [0.2, 0.25) is 5.91 Å². The highest BCUT2D eigenvalue weighted by molar-refractivity contribution is 5.81. The average molecular weight is 323 g/mol. The second-order valence-corrected chi connectivity index (χ2v) is 5.03. The van der Waals surface area contributed by atoms with Gasteiger partial charge in [-0.1, -0.05) is 6.07 Å². The second kappa shape index (κ2) is 8.38. The minimum absolute atomic E-state index is 0.0276. The number of carbonyl (C=O) groups is 2. The number of amides is 1. The number of carbonyl (C=O) groups excluding carboxylic acids is 2. The fourth-order valence-corrected chi connectivity index (χ4v) is 2.13. The van der Waals surface area contributed by atoms with Crippen molar-refractivity contribution >= 4 is 11.9 Å². The van der Waals surface area contributed by atoms with E-state index in [0.29, 0.717) is 36.9 Å². The summed E-state index contributed by atoms with van der Waals surface area (Å²) in [6, 6.07) is 5.16.